The lowest BCUT2D eigenvalue weighted by molar-refractivity contribution is -0.120. The first-order valence-electron chi connectivity index (χ1n) is 10.1. The van der Waals surface area contributed by atoms with Gasteiger partial charge in [-0.05, 0) is 82.3 Å². The molecule has 0 heterocycles. The van der Waals surface area contributed by atoms with Crippen molar-refractivity contribution in [1.82, 2.24) is 0 Å². The first-order chi connectivity index (χ1) is 13.2. The minimum absolute atomic E-state index is 0.0563. The number of fused-ring (bicyclic) bond motifs is 2. The van der Waals surface area contributed by atoms with Crippen molar-refractivity contribution in [1.29, 1.82) is 0 Å². The highest BCUT2D eigenvalue weighted by Gasteiger charge is 2.46. The fourth-order valence-electron chi connectivity index (χ4n) is 6.42. The molecule has 130 valence electrons. The highest BCUT2D eigenvalue weighted by atomic mass is 16.1. The molecule has 0 bridgehead atoms. The van der Waals surface area contributed by atoms with Gasteiger partial charge < -0.3 is 0 Å². The van der Waals surface area contributed by atoms with Crippen molar-refractivity contribution in [2.45, 2.75) is 44.4 Å². The van der Waals surface area contributed by atoms with Crippen molar-refractivity contribution in [2.24, 2.45) is 0 Å². The Morgan fingerprint density at radius 3 is 2.19 bits per heavy atom. The summed E-state index contributed by atoms with van der Waals surface area (Å²) >= 11 is 0. The van der Waals surface area contributed by atoms with Crippen LogP contribution in [0.2, 0.25) is 0 Å². The zero-order valence-electron chi connectivity index (χ0n) is 15.4. The summed E-state index contributed by atoms with van der Waals surface area (Å²) in [5, 5.41) is 2.77. The molecule has 2 unspecified atom stereocenters. The lowest BCUT2D eigenvalue weighted by atomic mass is 9.62. The number of Topliss-reactive ketones (excluding diaryl/α,β-unsaturated/α-hetero) is 1. The lowest BCUT2D eigenvalue weighted by Crippen LogP contribution is -2.33. The topological polar surface area (TPSA) is 17.1 Å². The molecule has 0 spiro atoms. The lowest BCUT2D eigenvalue weighted by Gasteiger charge is -2.40. The Balaban J connectivity index is 1.67. The molecule has 1 heteroatoms. The van der Waals surface area contributed by atoms with Crippen LogP contribution in [0.15, 0.2) is 64.8 Å². The summed E-state index contributed by atoms with van der Waals surface area (Å²) in [6.45, 7) is 2.24. The average Bonchev–Trinajstić information content (AvgIpc) is 3.31. The van der Waals surface area contributed by atoms with E-state index in [2.05, 4.69) is 49.4 Å². The van der Waals surface area contributed by atoms with Crippen LogP contribution in [-0.2, 0) is 17.6 Å². The number of hydrogen-bond donors (Lipinski definition) is 0. The van der Waals surface area contributed by atoms with Gasteiger partial charge in [-0.25, -0.2) is 0 Å². The van der Waals surface area contributed by atoms with E-state index in [1.54, 1.807) is 0 Å². The van der Waals surface area contributed by atoms with Gasteiger partial charge in [0, 0.05) is 0 Å². The second-order valence-electron chi connectivity index (χ2n) is 8.78. The first kappa shape index (κ1) is 14.4. The molecule has 7 rings (SSSR count). The summed E-state index contributed by atoms with van der Waals surface area (Å²) in [5.74, 6) is 0.303. The number of benzene rings is 2. The van der Waals surface area contributed by atoms with Gasteiger partial charge in [0.05, 0.1) is 11.8 Å². The van der Waals surface area contributed by atoms with Crippen LogP contribution in [0.3, 0.4) is 0 Å². The molecule has 0 N–H and O–H groups in total. The fourth-order valence-corrected chi connectivity index (χ4v) is 6.42. The SMILES string of the molecule is Cc1cc2c3c4c5c(ccc14)CC1=C(C=CC1)C5C(=O)C3C1=C(CC=C1)C2. The molecular formula is C26H20O. The molecule has 2 atom stereocenters. The molecule has 2 aromatic rings. The van der Waals surface area contributed by atoms with E-state index in [-0.39, 0.29) is 11.8 Å². The number of carbonyl (C=O) groups is 1. The van der Waals surface area contributed by atoms with E-state index in [1.807, 2.05) is 0 Å². The van der Waals surface area contributed by atoms with Gasteiger partial charge in [-0.2, -0.15) is 0 Å². The zero-order valence-corrected chi connectivity index (χ0v) is 15.4. The number of ketones is 1. The van der Waals surface area contributed by atoms with Crippen LogP contribution >= 0.6 is 0 Å². The van der Waals surface area contributed by atoms with Gasteiger partial charge in [-0.15, -0.1) is 0 Å². The van der Waals surface area contributed by atoms with Crippen molar-refractivity contribution < 1.29 is 4.79 Å². The number of carbonyl (C=O) groups excluding carboxylic acids is 1. The molecule has 0 fully saturated rings. The summed E-state index contributed by atoms with van der Waals surface area (Å²) < 4.78 is 0. The Morgan fingerprint density at radius 2 is 1.48 bits per heavy atom. The molecular weight excluding hydrogens is 328 g/mol. The molecule has 0 radical (unpaired) electrons. The monoisotopic (exact) mass is 348 g/mol. The summed E-state index contributed by atoms with van der Waals surface area (Å²) in [6, 6.07) is 6.97. The van der Waals surface area contributed by atoms with Crippen LogP contribution in [0.5, 0.6) is 0 Å². The molecule has 5 aliphatic rings. The first-order valence-corrected chi connectivity index (χ1v) is 10.1. The maximum absolute atomic E-state index is 14.0. The molecule has 27 heavy (non-hydrogen) atoms. The Bertz CT molecular complexity index is 1230. The van der Waals surface area contributed by atoms with E-state index in [9.17, 15) is 4.79 Å². The number of aryl methyl sites for hydroxylation is 1. The zero-order chi connectivity index (χ0) is 17.9. The van der Waals surface area contributed by atoms with Gasteiger partial charge in [-0.1, -0.05) is 53.6 Å². The van der Waals surface area contributed by atoms with E-state index in [0.29, 0.717) is 5.78 Å². The van der Waals surface area contributed by atoms with Crippen LogP contribution in [0, 0.1) is 6.92 Å². The largest absolute Gasteiger partial charge is 0.298 e. The van der Waals surface area contributed by atoms with E-state index in [1.165, 1.54) is 60.9 Å². The van der Waals surface area contributed by atoms with E-state index < -0.39 is 0 Å². The Morgan fingerprint density at radius 1 is 0.852 bits per heavy atom. The molecule has 0 saturated carbocycles. The van der Waals surface area contributed by atoms with Gasteiger partial charge in [0.1, 0.15) is 0 Å². The van der Waals surface area contributed by atoms with Gasteiger partial charge in [0.2, 0.25) is 0 Å². The maximum Gasteiger partial charge on any atom is 0.156 e. The maximum atomic E-state index is 14.0. The third-order valence-electron chi connectivity index (χ3n) is 7.48. The van der Waals surface area contributed by atoms with Gasteiger partial charge in [0.15, 0.2) is 5.78 Å². The molecule has 1 nitrogen and oxygen atoms in total. The summed E-state index contributed by atoms with van der Waals surface area (Å²) in [5.41, 5.74) is 12.4. The second kappa shape index (κ2) is 4.59. The van der Waals surface area contributed by atoms with E-state index >= 15 is 0 Å². The second-order valence-corrected chi connectivity index (χ2v) is 8.78. The average molecular weight is 348 g/mol. The summed E-state index contributed by atoms with van der Waals surface area (Å²) in [7, 11) is 0. The van der Waals surface area contributed by atoms with Crippen LogP contribution in [-0.4, -0.2) is 5.78 Å². The standard InChI is InChI=1S/C26H20O/c1-13-10-17-12-15-5-3-7-20(15)25-22(17)23-18(13)9-8-16-11-14-4-2-6-19(14)24(21(16)23)26(25)27/h2-3,6-10,24-25H,4-5,11-12H2,1H3. The number of rotatable bonds is 0. The number of allylic oxidation sites excluding steroid dienone is 8. The highest BCUT2D eigenvalue weighted by Crippen LogP contribution is 2.56. The summed E-state index contributed by atoms with van der Waals surface area (Å²) in [6.07, 6.45) is 13.0. The summed E-state index contributed by atoms with van der Waals surface area (Å²) in [4.78, 5) is 14.0. The van der Waals surface area contributed by atoms with Crippen molar-refractivity contribution in [3.05, 3.63) is 92.6 Å². The van der Waals surface area contributed by atoms with Gasteiger partial charge >= 0.3 is 0 Å². The molecule has 2 aromatic carbocycles. The van der Waals surface area contributed by atoms with Gasteiger partial charge in [-0.3, -0.25) is 4.79 Å². The molecule has 5 aliphatic carbocycles. The van der Waals surface area contributed by atoms with Crippen molar-refractivity contribution in [3.63, 3.8) is 0 Å². The third kappa shape index (κ3) is 1.57. The minimum Gasteiger partial charge on any atom is -0.298 e. The predicted octanol–water partition coefficient (Wildman–Crippen LogP) is 5.52. The molecule has 0 aromatic heterocycles. The number of hydrogen-bond acceptors (Lipinski definition) is 1. The van der Waals surface area contributed by atoms with Crippen molar-refractivity contribution >= 4 is 16.6 Å². The van der Waals surface area contributed by atoms with Crippen molar-refractivity contribution in [2.75, 3.05) is 0 Å². The molecule has 0 aliphatic heterocycles. The van der Waals surface area contributed by atoms with Gasteiger partial charge in [0.25, 0.3) is 0 Å². The Labute approximate surface area is 158 Å². The third-order valence-corrected chi connectivity index (χ3v) is 7.48. The smallest absolute Gasteiger partial charge is 0.156 e. The fraction of sp³-hybridized carbons (Fsp3) is 0.269. The molecule has 0 amide bonds. The Kier molecular flexibility index (Phi) is 2.45. The van der Waals surface area contributed by atoms with Crippen molar-refractivity contribution in [3.8, 4) is 0 Å². The quantitative estimate of drug-likeness (QED) is 0.612. The van der Waals surface area contributed by atoms with Crippen LogP contribution < -0.4 is 0 Å². The highest BCUT2D eigenvalue weighted by molar-refractivity contribution is 6.11. The van der Waals surface area contributed by atoms with E-state index in [0.717, 1.165) is 25.7 Å². The van der Waals surface area contributed by atoms with Crippen LogP contribution in [0.4, 0.5) is 0 Å². The normalized spacial score (nSPS) is 26.3. The van der Waals surface area contributed by atoms with Crippen LogP contribution in [0.1, 0.15) is 52.5 Å². The predicted molar refractivity (Wildman–Crippen MR) is 108 cm³/mol. The van der Waals surface area contributed by atoms with Crippen LogP contribution in [0.25, 0.3) is 10.8 Å². The van der Waals surface area contributed by atoms with E-state index in [4.69, 9.17) is 0 Å². The Hall–Kier alpha value is -2.67. The minimum atomic E-state index is -0.0563. The molecule has 0 saturated heterocycles.